The fourth-order valence-electron chi connectivity index (χ4n) is 2.45. The minimum atomic E-state index is -3.83. The van der Waals surface area contributed by atoms with Gasteiger partial charge in [-0.1, -0.05) is 32.9 Å². The van der Waals surface area contributed by atoms with Crippen LogP contribution in [0.5, 0.6) is 5.75 Å². The van der Waals surface area contributed by atoms with Crippen molar-refractivity contribution < 1.29 is 13.2 Å². The molecule has 1 aromatic heterocycles. The Bertz CT molecular complexity index is 1020. The maximum absolute atomic E-state index is 12.9. The van der Waals surface area contributed by atoms with E-state index in [1.54, 1.807) is 24.3 Å². The van der Waals surface area contributed by atoms with Gasteiger partial charge in [-0.05, 0) is 35.2 Å². The van der Waals surface area contributed by atoms with Gasteiger partial charge in [0.2, 0.25) is 0 Å². The van der Waals surface area contributed by atoms with Gasteiger partial charge in [0, 0.05) is 0 Å². The highest BCUT2D eigenvalue weighted by atomic mass is 32.2. The third-order valence-electron chi connectivity index (χ3n) is 3.85. The molecule has 132 valence electrons. The predicted octanol–water partition coefficient (Wildman–Crippen LogP) is 3.80. The van der Waals surface area contributed by atoms with Gasteiger partial charge in [0.25, 0.3) is 10.0 Å². The van der Waals surface area contributed by atoms with E-state index in [9.17, 15) is 8.42 Å². The van der Waals surface area contributed by atoms with Gasteiger partial charge in [-0.3, -0.25) is 4.72 Å². The number of nitrogens with one attached hydrogen (secondary N) is 1. The number of methoxy groups -OCH3 is 1. The Kier molecular flexibility index (Phi) is 4.42. The SMILES string of the molecule is COc1ccc(C(C)(C)C)cc1NS(=O)(=O)c1cccc2nsnc12. The Morgan fingerprint density at radius 2 is 1.88 bits per heavy atom. The van der Waals surface area contributed by atoms with Crippen LogP contribution in [0.25, 0.3) is 11.0 Å². The summed E-state index contributed by atoms with van der Waals surface area (Å²) < 4.78 is 42.0. The molecule has 25 heavy (non-hydrogen) atoms. The van der Waals surface area contributed by atoms with Crippen molar-refractivity contribution in [2.45, 2.75) is 31.1 Å². The second-order valence-electron chi connectivity index (χ2n) is 6.66. The lowest BCUT2D eigenvalue weighted by Crippen LogP contribution is -2.16. The van der Waals surface area contributed by atoms with E-state index in [2.05, 4.69) is 34.2 Å². The summed E-state index contributed by atoms with van der Waals surface area (Å²) >= 11 is 0.986. The molecule has 0 bridgehead atoms. The number of sulfonamides is 1. The predicted molar refractivity (Wildman–Crippen MR) is 99.9 cm³/mol. The van der Waals surface area contributed by atoms with Crippen molar-refractivity contribution in [3.8, 4) is 5.75 Å². The van der Waals surface area contributed by atoms with Crippen LogP contribution in [0.2, 0.25) is 0 Å². The van der Waals surface area contributed by atoms with E-state index in [0.717, 1.165) is 17.3 Å². The zero-order valence-corrected chi connectivity index (χ0v) is 16.0. The number of ether oxygens (including phenoxy) is 1. The highest BCUT2D eigenvalue weighted by Crippen LogP contribution is 2.33. The van der Waals surface area contributed by atoms with E-state index in [1.165, 1.54) is 13.2 Å². The molecule has 0 unspecified atom stereocenters. The van der Waals surface area contributed by atoms with Crippen molar-refractivity contribution in [2.75, 3.05) is 11.8 Å². The standard InChI is InChI=1S/C17H19N3O3S2/c1-17(2,3)11-8-9-14(23-4)13(10-11)20-25(21,22)15-7-5-6-12-16(15)19-24-18-12/h5-10,20H,1-4H3. The minimum Gasteiger partial charge on any atom is -0.495 e. The van der Waals surface area contributed by atoms with Gasteiger partial charge in [-0.25, -0.2) is 8.42 Å². The molecule has 0 atom stereocenters. The molecule has 0 aliphatic heterocycles. The summed E-state index contributed by atoms with van der Waals surface area (Å²) in [6.07, 6.45) is 0. The average Bonchev–Trinajstić information content (AvgIpc) is 3.01. The van der Waals surface area contributed by atoms with Crippen LogP contribution in [0.15, 0.2) is 41.3 Å². The van der Waals surface area contributed by atoms with Gasteiger partial charge in [0.15, 0.2) is 0 Å². The van der Waals surface area contributed by atoms with Crippen LogP contribution in [0, 0.1) is 0 Å². The summed E-state index contributed by atoms with van der Waals surface area (Å²) in [6, 6.07) is 10.4. The third-order valence-corrected chi connectivity index (χ3v) is 5.79. The normalized spacial score (nSPS) is 12.3. The molecule has 3 rings (SSSR count). The molecule has 1 heterocycles. The van der Waals surface area contributed by atoms with Crippen molar-refractivity contribution in [1.82, 2.24) is 8.75 Å². The number of rotatable bonds is 4. The monoisotopic (exact) mass is 377 g/mol. The van der Waals surface area contributed by atoms with E-state index < -0.39 is 10.0 Å². The van der Waals surface area contributed by atoms with Gasteiger partial charge in [-0.15, -0.1) is 0 Å². The average molecular weight is 377 g/mol. The first-order valence-corrected chi connectivity index (χ1v) is 9.86. The van der Waals surface area contributed by atoms with Gasteiger partial charge in [0.05, 0.1) is 24.5 Å². The molecule has 0 spiro atoms. The van der Waals surface area contributed by atoms with Crippen molar-refractivity contribution in [3.63, 3.8) is 0 Å². The molecule has 6 nitrogen and oxygen atoms in total. The molecule has 1 N–H and O–H groups in total. The van der Waals surface area contributed by atoms with Crippen LogP contribution in [0.1, 0.15) is 26.3 Å². The van der Waals surface area contributed by atoms with Crippen LogP contribution in [0.3, 0.4) is 0 Å². The number of benzene rings is 2. The fourth-order valence-corrected chi connectivity index (χ4v) is 4.28. The largest absolute Gasteiger partial charge is 0.495 e. The molecule has 8 heteroatoms. The lowest BCUT2D eigenvalue weighted by molar-refractivity contribution is 0.416. The van der Waals surface area contributed by atoms with Crippen LogP contribution < -0.4 is 9.46 Å². The molecular weight excluding hydrogens is 358 g/mol. The van der Waals surface area contributed by atoms with Gasteiger partial charge >= 0.3 is 0 Å². The first kappa shape index (κ1) is 17.6. The molecule has 0 saturated heterocycles. The lowest BCUT2D eigenvalue weighted by atomic mass is 9.87. The zero-order chi connectivity index (χ0) is 18.2. The maximum atomic E-state index is 12.9. The van der Waals surface area contributed by atoms with Crippen LogP contribution in [-0.4, -0.2) is 24.3 Å². The Labute approximate surface area is 151 Å². The summed E-state index contributed by atoms with van der Waals surface area (Å²) in [5.74, 6) is 0.458. The van der Waals surface area contributed by atoms with Crippen molar-refractivity contribution >= 4 is 38.5 Å². The van der Waals surface area contributed by atoms with E-state index in [0.29, 0.717) is 22.5 Å². The number of fused-ring (bicyclic) bond motifs is 1. The van der Waals surface area contributed by atoms with Gasteiger partial charge in [0.1, 0.15) is 21.7 Å². The summed E-state index contributed by atoms with van der Waals surface area (Å²) in [5.41, 5.74) is 2.20. The maximum Gasteiger partial charge on any atom is 0.264 e. The summed E-state index contributed by atoms with van der Waals surface area (Å²) in [7, 11) is -2.32. The third kappa shape index (κ3) is 3.45. The number of aromatic nitrogens is 2. The van der Waals surface area contributed by atoms with Crippen LogP contribution in [-0.2, 0) is 15.4 Å². The number of nitrogens with zero attached hydrogens (tertiary/aromatic N) is 2. The molecule has 0 aliphatic carbocycles. The van der Waals surface area contributed by atoms with Crippen LogP contribution in [0.4, 0.5) is 5.69 Å². The number of anilines is 1. The highest BCUT2D eigenvalue weighted by molar-refractivity contribution is 7.93. The topological polar surface area (TPSA) is 81.2 Å². The van der Waals surface area contributed by atoms with E-state index in [-0.39, 0.29) is 10.3 Å². The molecular formula is C17H19N3O3S2. The van der Waals surface area contributed by atoms with Crippen molar-refractivity contribution in [1.29, 1.82) is 0 Å². The quantitative estimate of drug-likeness (QED) is 0.748. The summed E-state index contributed by atoms with van der Waals surface area (Å²) in [6.45, 7) is 6.19. The summed E-state index contributed by atoms with van der Waals surface area (Å²) in [4.78, 5) is 0.0990. The fraction of sp³-hybridized carbons (Fsp3) is 0.294. The molecule has 0 amide bonds. The molecule has 0 fully saturated rings. The smallest absolute Gasteiger partial charge is 0.264 e. The molecule has 0 aliphatic rings. The lowest BCUT2D eigenvalue weighted by Gasteiger charge is -2.21. The van der Waals surface area contributed by atoms with Gasteiger partial charge < -0.3 is 4.74 Å². The highest BCUT2D eigenvalue weighted by Gasteiger charge is 2.23. The number of hydrogen-bond acceptors (Lipinski definition) is 6. The minimum absolute atomic E-state index is 0.0990. The Morgan fingerprint density at radius 1 is 1.12 bits per heavy atom. The second kappa shape index (κ2) is 6.27. The Balaban J connectivity index is 2.08. The summed E-state index contributed by atoms with van der Waals surface area (Å²) in [5, 5.41) is 0. The first-order chi connectivity index (χ1) is 11.7. The van der Waals surface area contributed by atoms with E-state index in [4.69, 9.17) is 4.74 Å². The molecule has 0 saturated carbocycles. The van der Waals surface area contributed by atoms with Crippen molar-refractivity contribution in [3.05, 3.63) is 42.0 Å². The van der Waals surface area contributed by atoms with E-state index in [1.807, 2.05) is 6.07 Å². The molecule has 2 aromatic carbocycles. The van der Waals surface area contributed by atoms with Crippen molar-refractivity contribution in [2.24, 2.45) is 0 Å². The Morgan fingerprint density at radius 3 is 2.56 bits per heavy atom. The Hall–Kier alpha value is -2.19. The molecule has 0 radical (unpaired) electrons. The second-order valence-corrected chi connectivity index (χ2v) is 8.84. The van der Waals surface area contributed by atoms with E-state index >= 15 is 0 Å². The zero-order valence-electron chi connectivity index (χ0n) is 14.4. The first-order valence-electron chi connectivity index (χ1n) is 7.65. The number of hydrogen-bond donors (Lipinski definition) is 1. The molecule has 3 aromatic rings. The van der Waals surface area contributed by atoms with Crippen LogP contribution >= 0.6 is 11.7 Å². The van der Waals surface area contributed by atoms with Gasteiger partial charge in [-0.2, -0.15) is 8.75 Å².